The molecule has 1 aliphatic carbocycles. The lowest BCUT2D eigenvalue weighted by Gasteiger charge is -2.13. The fourth-order valence-electron chi connectivity index (χ4n) is 3.68. The summed E-state index contributed by atoms with van der Waals surface area (Å²) in [6.45, 7) is 2.43. The maximum absolute atomic E-state index is 13.4. The molecule has 0 unspecified atom stereocenters. The van der Waals surface area contributed by atoms with Crippen LogP contribution in [0.3, 0.4) is 0 Å². The first kappa shape index (κ1) is 20.6. The smallest absolute Gasteiger partial charge is 0.266 e. The van der Waals surface area contributed by atoms with E-state index in [9.17, 15) is 9.59 Å². The largest absolute Gasteiger partial charge is 0.492 e. The molecule has 0 radical (unpaired) electrons. The van der Waals surface area contributed by atoms with Crippen molar-refractivity contribution in [3.8, 4) is 5.75 Å². The number of amides is 2. The number of thiophene rings is 2. The minimum absolute atomic E-state index is 0.176. The quantitative estimate of drug-likeness (QED) is 0.463. The standard InChI is InChI=1S/C23H24N2O3S2/c1-2-28-17-11-7-6-10-16(17)24-22(27)20-15-9-4-3-5-12-18(15)30-23(20)25-21(26)19-13-8-14-29-19/h6-8,10-11,13-14H,2-5,9,12H2,1H3,(H,24,27)(H,25,26). The Bertz CT molecular complexity index is 1040. The molecule has 2 heterocycles. The van der Waals surface area contributed by atoms with Gasteiger partial charge in [-0.25, -0.2) is 0 Å². The number of hydrogen-bond donors (Lipinski definition) is 2. The number of hydrogen-bond acceptors (Lipinski definition) is 5. The van der Waals surface area contributed by atoms with Crippen LogP contribution in [0.2, 0.25) is 0 Å². The zero-order chi connectivity index (χ0) is 20.9. The van der Waals surface area contributed by atoms with Crippen molar-refractivity contribution in [2.24, 2.45) is 0 Å². The Morgan fingerprint density at radius 2 is 1.83 bits per heavy atom. The molecule has 7 heteroatoms. The SMILES string of the molecule is CCOc1ccccc1NC(=O)c1c(NC(=O)c2cccs2)sc2c1CCCCC2. The number of carbonyl (C=O) groups excluding carboxylic acids is 2. The normalized spacial score (nSPS) is 13.2. The average molecular weight is 441 g/mol. The fraction of sp³-hybridized carbons (Fsp3) is 0.304. The van der Waals surface area contributed by atoms with E-state index in [-0.39, 0.29) is 11.8 Å². The third kappa shape index (κ3) is 4.42. The predicted molar refractivity (Wildman–Crippen MR) is 123 cm³/mol. The molecule has 156 valence electrons. The summed E-state index contributed by atoms with van der Waals surface area (Å²) >= 11 is 2.92. The summed E-state index contributed by atoms with van der Waals surface area (Å²) < 4.78 is 5.65. The molecule has 0 aliphatic heterocycles. The number of fused-ring (bicyclic) bond motifs is 1. The number of rotatable bonds is 6. The zero-order valence-corrected chi connectivity index (χ0v) is 18.5. The minimum atomic E-state index is -0.206. The van der Waals surface area contributed by atoms with Gasteiger partial charge in [-0.1, -0.05) is 24.6 Å². The Labute approximate surface area is 184 Å². The molecule has 30 heavy (non-hydrogen) atoms. The van der Waals surface area contributed by atoms with Crippen LogP contribution in [0.15, 0.2) is 41.8 Å². The van der Waals surface area contributed by atoms with E-state index >= 15 is 0 Å². The van der Waals surface area contributed by atoms with Crippen LogP contribution in [0.5, 0.6) is 5.75 Å². The molecule has 1 aliphatic rings. The van der Waals surface area contributed by atoms with Crippen LogP contribution in [0.25, 0.3) is 0 Å². The van der Waals surface area contributed by atoms with Crippen molar-refractivity contribution < 1.29 is 14.3 Å². The van der Waals surface area contributed by atoms with Gasteiger partial charge in [-0.15, -0.1) is 22.7 Å². The summed E-state index contributed by atoms with van der Waals surface area (Å²) in [6, 6.07) is 11.1. The first-order chi connectivity index (χ1) is 14.7. The second-order valence-corrected chi connectivity index (χ2v) is 9.14. The number of anilines is 2. The lowest BCUT2D eigenvalue weighted by Crippen LogP contribution is -2.18. The van der Waals surface area contributed by atoms with E-state index in [0.29, 0.717) is 33.5 Å². The molecule has 4 rings (SSSR count). The lowest BCUT2D eigenvalue weighted by molar-refractivity contribution is 0.102. The Morgan fingerprint density at radius 3 is 2.63 bits per heavy atom. The Morgan fingerprint density at radius 1 is 1.00 bits per heavy atom. The van der Waals surface area contributed by atoms with Gasteiger partial charge in [0.05, 0.1) is 22.7 Å². The average Bonchev–Trinajstić information content (AvgIpc) is 3.33. The van der Waals surface area contributed by atoms with Crippen molar-refractivity contribution in [1.29, 1.82) is 0 Å². The molecule has 0 atom stereocenters. The van der Waals surface area contributed by atoms with Gasteiger partial charge in [0.1, 0.15) is 10.8 Å². The van der Waals surface area contributed by atoms with Gasteiger partial charge in [-0.3, -0.25) is 9.59 Å². The highest BCUT2D eigenvalue weighted by atomic mass is 32.1. The third-order valence-corrected chi connectivity index (χ3v) is 7.13. The molecule has 0 fully saturated rings. The molecule has 0 saturated carbocycles. The highest BCUT2D eigenvalue weighted by molar-refractivity contribution is 7.17. The van der Waals surface area contributed by atoms with Crippen LogP contribution in [0.1, 0.15) is 56.7 Å². The minimum Gasteiger partial charge on any atom is -0.492 e. The molecule has 0 bridgehead atoms. The molecule has 0 saturated heterocycles. The van der Waals surface area contributed by atoms with Gasteiger partial charge in [0, 0.05) is 4.88 Å². The van der Waals surface area contributed by atoms with E-state index in [1.54, 1.807) is 6.07 Å². The summed E-state index contributed by atoms with van der Waals surface area (Å²) in [7, 11) is 0. The van der Waals surface area contributed by atoms with Crippen molar-refractivity contribution in [3.05, 3.63) is 62.7 Å². The van der Waals surface area contributed by atoms with Crippen LogP contribution < -0.4 is 15.4 Å². The fourth-order valence-corrected chi connectivity index (χ4v) is 5.58. The van der Waals surface area contributed by atoms with E-state index in [4.69, 9.17) is 4.74 Å². The summed E-state index contributed by atoms with van der Waals surface area (Å²) in [6.07, 6.45) is 5.13. The second-order valence-electron chi connectivity index (χ2n) is 7.08. The highest BCUT2D eigenvalue weighted by Crippen LogP contribution is 2.38. The molecule has 5 nitrogen and oxygen atoms in total. The Balaban J connectivity index is 1.67. The monoisotopic (exact) mass is 440 g/mol. The van der Waals surface area contributed by atoms with Gasteiger partial charge in [0.15, 0.2) is 0 Å². The van der Waals surface area contributed by atoms with Crippen LogP contribution in [0.4, 0.5) is 10.7 Å². The van der Waals surface area contributed by atoms with Gasteiger partial charge in [-0.05, 0) is 61.7 Å². The number of ether oxygens (including phenoxy) is 1. The molecular formula is C23H24N2O3S2. The van der Waals surface area contributed by atoms with Crippen molar-refractivity contribution in [2.75, 3.05) is 17.2 Å². The molecular weight excluding hydrogens is 416 g/mol. The molecule has 0 spiro atoms. The van der Waals surface area contributed by atoms with Crippen molar-refractivity contribution in [1.82, 2.24) is 0 Å². The third-order valence-electron chi connectivity index (χ3n) is 5.06. The number of nitrogens with one attached hydrogen (secondary N) is 2. The Hall–Kier alpha value is -2.64. The van der Waals surface area contributed by atoms with Gasteiger partial charge < -0.3 is 15.4 Å². The van der Waals surface area contributed by atoms with E-state index < -0.39 is 0 Å². The van der Waals surface area contributed by atoms with E-state index in [2.05, 4.69) is 10.6 Å². The van der Waals surface area contributed by atoms with Crippen molar-refractivity contribution in [3.63, 3.8) is 0 Å². The van der Waals surface area contributed by atoms with Crippen molar-refractivity contribution in [2.45, 2.75) is 39.0 Å². The van der Waals surface area contributed by atoms with Gasteiger partial charge in [0.25, 0.3) is 11.8 Å². The van der Waals surface area contributed by atoms with E-state index in [0.717, 1.165) is 37.7 Å². The van der Waals surface area contributed by atoms with Crippen LogP contribution in [-0.4, -0.2) is 18.4 Å². The first-order valence-electron chi connectivity index (χ1n) is 10.2. The molecule has 2 aromatic heterocycles. The van der Waals surface area contributed by atoms with E-state index in [1.807, 2.05) is 42.6 Å². The lowest BCUT2D eigenvalue weighted by atomic mass is 10.0. The molecule has 2 amide bonds. The van der Waals surface area contributed by atoms with Crippen LogP contribution >= 0.6 is 22.7 Å². The molecule has 3 aromatic rings. The zero-order valence-electron chi connectivity index (χ0n) is 16.8. The number of aryl methyl sites for hydroxylation is 1. The number of carbonyl (C=O) groups is 2. The van der Waals surface area contributed by atoms with Crippen LogP contribution in [-0.2, 0) is 12.8 Å². The van der Waals surface area contributed by atoms with Gasteiger partial charge in [-0.2, -0.15) is 0 Å². The van der Waals surface area contributed by atoms with Gasteiger partial charge in [0.2, 0.25) is 0 Å². The maximum atomic E-state index is 13.4. The summed E-state index contributed by atoms with van der Waals surface area (Å²) in [5.41, 5.74) is 2.30. The van der Waals surface area contributed by atoms with Crippen LogP contribution in [0, 0.1) is 0 Å². The van der Waals surface area contributed by atoms with Crippen molar-refractivity contribution >= 4 is 45.2 Å². The summed E-state index contributed by atoms with van der Waals surface area (Å²) in [5, 5.41) is 8.51. The Kier molecular flexibility index (Phi) is 6.50. The predicted octanol–water partition coefficient (Wildman–Crippen LogP) is 5.98. The summed E-state index contributed by atoms with van der Waals surface area (Å²) in [5.74, 6) is 0.257. The topological polar surface area (TPSA) is 67.4 Å². The first-order valence-corrected chi connectivity index (χ1v) is 11.9. The number of benzene rings is 1. The molecule has 2 N–H and O–H groups in total. The van der Waals surface area contributed by atoms with E-state index in [1.165, 1.54) is 27.6 Å². The van der Waals surface area contributed by atoms with Gasteiger partial charge >= 0.3 is 0 Å². The maximum Gasteiger partial charge on any atom is 0.266 e. The molecule has 1 aromatic carbocycles. The number of para-hydroxylation sites is 2. The second kappa shape index (κ2) is 9.45. The summed E-state index contributed by atoms with van der Waals surface area (Å²) in [4.78, 5) is 27.9. The highest BCUT2D eigenvalue weighted by Gasteiger charge is 2.26.